The van der Waals surface area contributed by atoms with E-state index in [1.54, 1.807) is 0 Å². The van der Waals surface area contributed by atoms with Crippen LogP contribution in [-0.4, -0.2) is 0 Å². The Kier molecular flexibility index (Phi) is 4.33. The number of fused-ring (bicyclic) bond motifs is 3. The average Bonchev–Trinajstić information content (AvgIpc) is 3.16. The lowest BCUT2D eigenvalue weighted by Crippen LogP contribution is -2.28. The molecule has 0 saturated heterocycles. The third-order valence-corrected chi connectivity index (χ3v) is 6.84. The van der Waals surface area contributed by atoms with Gasteiger partial charge in [0.25, 0.3) is 0 Å². The second-order valence-corrected chi connectivity index (χ2v) is 8.65. The molecule has 0 spiro atoms. The molecule has 1 aliphatic carbocycles. The van der Waals surface area contributed by atoms with Gasteiger partial charge in [-0.25, -0.2) is 0 Å². The van der Waals surface area contributed by atoms with E-state index in [0.29, 0.717) is 0 Å². The maximum absolute atomic E-state index is 2.41. The minimum Gasteiger partial charge on any atom is -0.0622 e. The molecule has 0 heterocycles. The molecule has 152 valence electrons. The number of hydrogen-bond donors (Lipinski definition) is 0. The molecule has 0 amide bonds. The summed E-state index contributed by atoms with van der Waals surface area (Å²) in [6.45, 7) is 2.16. The fourth-order valence-electron chi connectivity index (χ4n) is 5.37. The van der Waals surface area contributed by atoms with Gasteiger partial charge in [-0.15, -0.1) is 0 Å². The van der Waals surface area contributed by atoms with Gasteiger partial charge < -0.3 is 0 Å². The Morgan fingerprint density at radius 1 is 0.438 bits per heavy atom. The zero-order valence-electron chi connectivity index (χ0n) is 18.1. The highest BCUT2D eigenvalue weighted by molar-refractivity contribution is 5.88. The zero-order valence-corrected chi connectivity index (χ0v) is 18.1. The summed E-state index contributed by atoms with van der Waals surface area (Å²) in [4.78, 5) is 0. The van der Waals surface area contributed by atoms with Crippen LogP contribution in [0.3, 0.4) is 0 Å². The van der Waals surface area contributed by atoms with Crippen molar-refractivity contribution < 1.29 is 0 Å². The molecule has 0 saturated carbocycles. The van der Waals surface area contributed by atoms with Crippen molar-refractivity contribution in [2.24, 2.45) is 0 Å². The molecule has 0 bridgehead atoms. The minimum absolute atomic E-state index is 0.342. The molecule has 0 nitrogen and oxygen atoms in total. The van der Waals surface area contributed by atoms with Crippen LogP contribution in [0.15, 0.2) is 127 Å². The van der Waals surface area contributed by atoms with Crippen molar-refractivity contribution in [2.45, 2.75) is 12.3 Å². The molecule has 0 aliphatic heterocycles. The molecule has 6 rings (SSSR count). The Morgan fingerprint density at radius 3 is 1.78 bits per heavy atom. The van der Waals surface area contributed by atoms with Gasteiger partial charge in [0.15, 0.2) is 0 Å². The summed E-state index contributed by atoms with van der Waals surface area (Å²) < 4.78 is 0. The van der Waals surface area contributed by atoms with Crippen molar-refractivity contribution in [3.8, 4) is 22.3 Å². The summed E-state index contributed by atoms with van der Waals surface area (Å²) >= 11 is 0. The summed E-state index contributed by atoms with van der Waals surface area (Å²) in [5.41, 5.74) is 11.4. The van der Waals surface area contributed by atoms with Gasteiger partial charge in [-0.05, 0) is 57.5 Å². The van der Waals surface area contributed by atoms with Crippen LogP contribution in [0.5, 0.6) is 0 Å². The van der Waals surface area contributed by atoms with E-state index < -0.39 is 0 Å². The van der Waals surface area contributed by atoms with E-state index in [-0.39, 0.29) is 5.41 Å². The molecular formula is C32H24. The van der Waals surface area contributed by atoms with Crippen LogP contribution >= 0.6 is 0 Å². The van der Waals surface area contributed by atoms with Crippen molar-refractivity contribution in [3.63, 3.8) is 0 Å². The monoisotopic (exact) mass is 408 g/mol. The van der Waals surface area contributed by atoms with Gasteiger partial charge in [-0.1, -0.05) is 127 Å². The molecule has 5 aromatic carbocycles. The minimum atomic E-state index is -0.342. The normalized spacial score (nSPS) is 16.4. The number of hydrogen-bond acceptors (Lipinski definition) is 0. The van der Waals surface area contributed by atoms with Crippen LogP contribution in [0, 0.1) is 6.92 Å². The van der Waals surface area contributed by atoms with Crippen LogP contribution in [0.25, 0.3) is 22.3 Å². The molecule has 1 unspecified atom stereocenters. The van der Waals surface area contributed by atoms with Crippen LogP contribution < -0.4 is 0 Å². The highest BCUT2D eigenvalue weighted by Crippen LogP contribution is 2.56. The quantitative estimate of drug-likeness (QED) is 0.278. The van der Waals surface area contributed by atoms with Crippen molar-refractivity contribution in [2.75, 3.05) is 0 Å². The highest BCUT2D eigenvalue weighted by atomic mass is 14.5. The lowest BCUT2D eigenvalue weighted by atomic mass is 9.67. The van der Waals surface area contributed by atoms with Gasteiger partial charge >= 0.3 is 0 Å². The van der Waals surface area contributed by atoms with E-state index in [0.717, 1.165) is 0 Å². The fourth-order valence-corrected chi connectivity index (χ4v) is 5.37. The van der Waals surface area contributed by atoms with Gasteiger partial charge in [-0.3, -0.25) is 0 Å². The summed E-state index contributed by atoms with van der Waals surface area (Å²) in [6, 6.07) is 46.7. The molecule has 0 aromatic heterocycles. The lowest BCUT2D eigenvalue weighted by Gasteiger charge is -2.34. The largest absolute Gasteiger partial charge is 0.0713 e. The van der Waals surface area contributed by atoms with Crippen LogP contribution in [-0.2, 0) is 5.41 Å². The summed E-state index contributed by atoms with van der Waals surface area (Å²) in [7, 11) is 0. The van der Waals surface area contributed by atoms with Crippen LogP contribution in [0.4, 0.5) is 0 Å². The summed E-state index contributed by atoms with van der Waals surface area (Å²) in [5, 5.41) is 0. The predicted molar refractivity (Wildman–Crippen MR) is 134 cm³/mol. The van der Waals surface area contributed by atoms with E-state index in [4.69, 9.17) is 0 Å². The van der Waals surface area contributed by atoms with E-state index in [2.05, 4.69) is 134 Å². The van der Waals surface area contributed by atoms with Gasteiger partial charge in [0.2, 0.25) is 0 Å². The van der Waals surface area contributed by atoms with Crippen molar-refractivity contribution in [3.05, 3.63) is 155 Å². The van der Waals surface area contributed by atoms with E-state index in [1.165, 1.54) is 50.1 Å². The Balaban J connectivity index is 1.74. The number of benzene rings is 5. The Hall–Kier alpha value is -3.90. The van der Waals surface area contributed by atoms with Crippen molar-refractivity contribution in [1.82, 2.24) is 0 Å². The highest BCUT2D eigenvalue weighted by Gasteiger charge is 2.46. The average molecular weight is 409 g/mol. The first-order chi connectivity index (χ1) is 15.8. The van der Waals surface area contributed by atoms with Gasteiger partial charge in [0.05, 0.1) is 5.41 Å². The first-order valence-electron chi connectivity index (χ1n) is 11.2. The van der Waals surface area contributed by atoms with E-state index in [1.807, 2.05) is 0 Å². The second kappa shape index (κ2) is 7.35. The predicted octanol–water partition coefficient (Wildman–Crippen LogP) is 8.03. The smallest absolute Gasteiger partial charge is 0.0622 e. The SMILES string of the molecule is Cc1ccc(C2(c3ccccc3)c3ccccc3-c3ccc(-c4ccccc4)cc32)cc1. The maximum Gasteiger partial charge on any atom is 0.0713 e. The van der Waals surface area contributed by atoms with Gasteiger partial charge in [-0.2, -0.15) is 0 Å². The number of rotatable bonds is 3. The van der Waals surface area contributed by atoms with E-state index in [9.17, 15) is 0 Å². The molecular weight excluding hydrogens is 384 g/mol. The van der Waals surface area contributed by atoms with Crippen LogP contribution in [0.1, 0.15) is 27.8 Å². The second-order valence-electron chi connectivity index (χ2n) is 8.65. The summed E-state index contributed by atoms with van der Waals surface area (Å²) in [5.74, 6) is 0. The topological polar surface area (TPSA) is 0 Å². The first kappa shape index (κ1) is 18.8. The van der Waals surface area contributed by atoms with Gasteiger partial charge in [0, 0.05) is 0 Å². The lowest BCUT2D eigenvalue weighted by molar-refractivity contribution is 0.768. The molecule has 0 radical (unpaired) electrons. The zero-order chi connectivity index (χ0) is 21.5. The number of aryl methyl sites for hydroxylation is 1. The van der Waals surface area contributed by atoms with Crippen LogP contribution in [0.2, 0.25) is 0 Å². The van der Waals surface area contributed by atoms with Gasteiger partial charge in [0.1, 0.15) is 0 Å². The molecule has 1 aliphatic rings. The third kappa shape index (κ3) is 2.70. The Morgan fingerprint density at radius 2 is 1.03 bits per heavy atom. The molecule has 32 heavy (non-hydrogen) atoms. The van der Waals surface area contributed by atoms with Crippen molar-refractivity contribution in [1.29, 1.82) is 0 Å². The molecule has 0 N–H and O–H groups in total. The van der Waals surface area contributed by atoms with E-state index >= 15 is 0 Å². The Bertz CT molecular complexity index is 1400. The molecule has 1 atom stereocenters. The van der Waals surface area contributed by atoms with Crippen molar-refractivity contribution >= 4 is 0 Å². The maximum atomic E-state index is 2.41. The molecule has 5 aromatic rings. The summed E-state index contributed by atoms with van der Waals surface area (Å²) in [6.07, 6.45) is 0. The third-order valence-electron chi connectivity index (χ3n) is 6.84. The Labute approximate surface area is 189 Å². The molecule has 0 heteroatoms. The fraction of sp³-hybridized carbons (Fsp3) is 0.0625. The molecule has 0 fully saturated rings. The first-order valence-corrected chi connectivity index (χ1v) is 11.2. The standard InChI is InChI=1S/C32H24/c1-23-16-19-27(20-17-23)32(26-12-6-3-7-13-26)30-15-9-8-14-28(30)29-21-18-25(22-31(29)32)24-10-4-2-5-11-24/h2-22H,1H3.